The summed E-state index contributed by atoms with van der Waals surface area (Å²) in [5.74, 6) is 3.51. The van der Waals surface area contributed by atoms with Crippen molar-refractivity contribution in [3.05, 3.63) is 24.0 Å². The first-order valence-corrected chi connectivity index (χ1v) is 10.1. The van der Waals surface area contributed by atoms with Gasteiger partial charge < -0.3 is 15.4 Å². The molecule has 1 amide bonds. The molecule has 2 N–H and O–H groups in total. The van der Waals surface area contributed by atoms with Gasteiger partial charge in [0.15, 0.2) is 0 Å². The Morgan fingerprint density at radius 1 is 1.20 bits per heavy atom. The minimum Gasteiger partial charge on any atom is -0.443 e. The third-order valence-electron chi connectivity index (χ3n) is 5.56. The lowest BCUT2D eigenvalue weighted by Gasteiger charge is -2.21. The van der Waals surface area contributed by atoms with Gasteiger partial charge >= 0.3 is 6.09 Å². The molecule has 4 rings (SSSR count). The second kappa shape index (κ2) is 7.03. The minimum atomic E-state index is -0.455. The maximum atomic E-state index is 14.8. The van der Waals surface area contributed by atoms with Gasteiger partial charge in [-0.1, -0.05) is 0 Å². The Balaban J connectivity index is 1.50. The number of nitrogens with two attached hydrogens (primary N) is 1. The summed E-state index contributed by atoms with van der Waals surface area (Å²) in [6, 6.07) is 5.05. The molecule has 0 aliphatic carbocycles. The standard InChI is InChI=1S/C18H24FN3O2S/c19-16-7-14(22-11-15(8-20)24-18(22)23)1-2-17(16)21-9-12-3-5-25-6-4-13(12)10-21/h1-2,7,12-13,15H,3-6,8-11,20H2/t12?,13?,15-/m0/s1. The first-order chi connectivity index (χ1) is 12.2. The number of hydrogen-bond donors (Lipinski definition) is 1. The minimum absolute atomic E-state index is 0.271. The van der Waals surface area contributed by atoms with Crippen LogP contribution in [0.2, 0.25) is 0 Å². The maximum Gasteiger partial charge on any atom is 0.414 e. The van der Waals surface area contributed by atoms with Crippen LogP contribution in [-0.4, -0.2) is 49.9 Å². The lowest BCUT2D eigenvalue weighted by Crippen LogP contribution is -2.27. The quantitative estimate of drug-likeness (QED) is 0.892. The van der Waals surface area contributed by atoms with Gasteiger partial charge in [-0.05, 0) is 54.4 Å². The molecule has 3 aliphatic heterocycles. The van der Waals surface area contributed by atoms with Crippen LogP contribution in [0.25, 0.3) is 0 Å². The van der Waals surface area contributed by atoms with Crippen LogP contribution < -0.4 is 15.5 Å². The smallest absolute Gasteiger partial charge is 0.414 e. The fourth-order valence-electron chi connectivity index (χ4n) is 4.14. The van der Waals surface area contributed by atoms with Gasteiger partial charge in [-0.3, -0.25) is 4.90 Å². The molecule has 1 aromatic carbocycles. The molecule has 5 nitrogen and oxygen atoms in total. The molecule has 0 radical (unpaired) electrons. The molecule has 1 aromatic rings. The van der Waals surface area contributed by atoms with Crippen LogP contribution in [0.5, 0.6) is 0 Å². The second-order valence-electron chi connectivity index (χ2n) is 7.10. The predicted molar refractivity (Wildman–Crippen MR) is 98.8 cm³/mol. The second-order valence-corrected chi connectivity index (χ2v) is 8.33. The van der Waals surface area contributed by atoms with E-state index in [0.717, 1.165) is 13.1 Å². The lowest BCUT2D eigenvalue weighted by atomic mass is 9.92. The summed E-state index contributed by atoms with van der Waals surface area (Å²) >= 11 is 2.04. The number of cyclic esters (lactones) is 1. The number of nitrogens with zero attached hydrogens (tertiary/aromatic N) is 2. The number of carbonyl (C=O) groups is 1. The predicted octanol–water partition coefficient (Wildman–Crippen LogP) is 2.69. The Bertz CT molecular complexity index is 645. The van der Waals surface area contributed by atoms with E-state index >= 15 is 0 Å². The van der Waals surface area contributed by atoms with E-state index in [-0.39, 0.29) is 18.5 Å². The molecule has 0 spiro atoms. The van der Waals surface area contributed by atoms with E-state index in [4.69, 9.17) is 10.5 Å². The summed E-state index contributed by atoms with van der Waals surface area (Å²) in [5, 5.41) is 0. The van der Waals surface area contributed by atoms with Crippen molar-refractivity contribution in [3.63, 3.8) is 0 Å². The number of fused-ring (bicyclic) bond motifs is 1. The Hall–Kier alpha value is -1.47. The van der Waals surface area contributed by atoms with Gasteiger partial charge in [0.05, 0.1) is 17.9 Å². The molecular formula is C18H24FN3O2S. The number of thioether (sulfide) groups is 1. The van der Waals surface area contributed by atoms with E-state index in [1.165, 1.54) is 35.3 Å². The van der Waals surface area contributed by atoms with E-state index < -0.39 is 6.09 Å². The molecule has 0 bridgehead atoms. The van der Waals surface area contributed by atoms with Crippen molar-refractivity contribution in [1.82, 2.24) is 0 Å². The Kier molecular flexibility index (Phi) is 4.78. The van der Waals surface area contributed by atoms with Gasteiger partial charge in [0.1, 0.15) is 11.9 Å². The molecule has 0 saturated carbocycles. The van der Waals surface area contributed by atoms with Crippen molar-refractivity contribution in [1.29, 1.82) is 0 Å². The lowest BCUT2D eigenvalue weighted by molar-refractivity contribution is 0.145. The van der Waals surface area contributed by atoms with Gasteiger partial charge in [-0.15, -0.1) is 0 Å². The highest BCUT2D eigenvalue weighted by atomic mass is 32.2. The first kappa shape index (κ1) is 17.0. The molecular weight excluding hydrogens is 341 g/mol. The maximum absolute atomic E-state index is 14.8. The molecule has 2 unspecified atom stereocenters. The zero-order valence-corrected chi connectivity index (χ0v) is 15.0. The third kappa shape index (κ3) is 3.31. The fraction of sp³-hybridized carbons (Fsp3) is 0.611. The number of amides is 1. The zero-order valence-electron chi connectivity index (χ0n) is 14.2. The van der Waals surface area contributed by atoms with Crippen molar-refractivity contribution in [3.8, 4) is 0 Å². The van der Waals surface area contributed by atoms with Crippen molar-refractivity contribution >= 4 is 29.2 Å². The summed E-state index contributed by atoms with van der Waals surface area (Å²) in [7, 11) is 0. The van der Waals surface area contributed by atoms with E-state index in [1.807, 2.05) is 17.8 Å². The highest BCUT2D eigenvalue weighted by molar-refractivity contribution is 7.99. The summed E-state index contributed by atoms with van der Waals surface area (Å²) < 4.78 is 19.9. The highest BCUT2D eigenvalue weighted by Crippen LogP contribution is 2.38. The molecule has 3 saturated heterocycles. The first-order valence-electron chi connectivity index (χ1n) is 8.96. The number of rotatable bonds is 3. The van der Waals surface area contributed by atoms with E-state index in [0.29, 0.717) is 29.8 Å². The van der Waals surface area contributed by atoms with Crippen LogP contribution in [0.1, 0.15) is 12.8 Å². The number of carbonyl (C=O) groups excluding carboxylic acids is 1. The molecule has 3 aliphatic rings. The average molecular weight is 365 g/mol. The summed E-state index contributed by atoms with van der Waals surface area (Å²) in [6.45, 7) is 2.52. The zero-order chi connectivity index (χ0) is 17.4. The average Bonchev–Trinajstić information content (AvgIpc) is 3.11. The van der Waals surface area contributed by atoms with Gasteiger partial charge in [-0.25, -0.2) is 9.18 Å². The topological polar surface area (TPSA) is 58.8 Å². The van der Waals surface area contributed by atoms with E-state index in [9.17, 15) is 9.18 Å². The van der Waals surface area contributed by atoms with E-state index in [1.54, 1.807) is 6.07 Å². The van der Waals surface area contributed by atoms with Crippen molar-refractivity contribution in [2.24, 2.45) is 17.6 Å². The highest BCUT2D eigenvalue weighted by Gasteiger charge is 2.35. The Morgan fingerprint density at radius 2 is 1.92 bits per heavy atom. The van der Waals surface area contributed by atoms with Crippen molar-refractivity contribution in [2.45, 2.75) is 18.9 Å². The number of hydrogen-bond acceptors (Lipinski definition) is 5. The Labute approximate surface area is 151 Å². The number of anilines is 2. The summed E-state index contributed by atoms with van der Waals surface area (Å²) in [4.78, 5) is 15.5. The summed E-state index contributed by atoms with van der Waals surface area (Å²) in [6.07, 6.45) is 1.68. The molecule has 3 heterocycles. The van der Waals surface area contributed by atoms with Gasteiger partial charge in [0.25, 0.3) is 0 Å². The van der Waals surface area contributed by atoms with Crippen LogP contribution >= 0.6 is 11.8 Å². The van der Waals surface area contributed by atoms with Crippen molar-refractivity contribution in [2.75, 3.05) is 47.5 Å². The number of benzene rings is 1. The molecule has 0 aromatic heterocycles. The third-order valence-corrected chi connectivity index (χ3v) is 6.61. The number of ether oxygens (including phenoxy) is 1. The van der Waals surface area contributed by atoms with E-state index in [2.05, 4.69) is 4.90 Å². The van der Waals surface area contributed by atoms with Crippen LogP contribution in [0, 0.1) is 17.7 Å². The van der Waals surface area contributed by atoms with Crippen LogP contribution in [0.15, 0.2) is 18.2 Å². The normalized spacial score (nSPS) is 29.5. The van der Waals surface area contributed by atoms with Crippen LogP contribution in [-0.2, 0) is 4.74 Å². The molecule has 25 heavy (non-hydrogen) atoms. The molecule has 136 valence electrons. The Morgan fingerprint density at radius 3 is 2.52 bits per heavy atom. The van der Waals surface area contributed by atoms with Gasteiger partial charge in [0.2, 0.25) is 0 Å². The summed E-state index contributed by atoms with van der Waals surface area (Å²) in [5.41, 5.74) is 6.74. The largest absolute Gasteiger partial charge is 0.443 e. The van der Waals surface area contributed by atoms with Gasteiger partial charge in [0, 0.05) is 19.6 Å². The van der Waals surface area contributed by atoms with Crippen molar-refractivity contribution < 1.29 is 13.9 Å². The van der Waals surface area contributed by atoms with Crippen LogP contribution in [0.3, 0.4) is 0 Å². The van der Waals surface area contributed by atoms with Crippen LogP contribution in [0.4, 0.5) is 20.6 Å². The SMILES string of the molecule is NC[C@H]1CN(c2ccc(N3CC4CCSCCC4C3)c(F)c2)C(=O)O1. The fourth-order valence-corrected chi connectivity index (χ4v) is 5.28. The number of halogens is 1. The molecule has 7 heteroatoms. The van der Waals surface area contributed by atoms with Gasteiger partial charge in [-0.2, -0.15) is 11.8 Å². The molecule has 3 fully saturated rings. The molecule has 3 atom stereocenters. The monoisotopic (exact) mass is 365 g/mol.